The highest BCUT2D eigenvalue weighted by Crippen LogP contribution is 2.33. The molecule has 6 heteroatoms. The lowest BCUT2D eigenvalue weighted by Gasteiger charge is -2.12. The summed E-state index contributed by atoms with van der Waals surface area (Å²) in [7, 11) is 0. The van der Waals surface area contributed by atoms with Crippen molar-refractivity contribution in [3.63, 3.8) is 0 Å². The molecule has 2 aromatic carbocycles. The molecule has 0 fully saturated rings. The smallest absolute Gasteiger partial charge is 0.398 e. The highest BCUT2D eigenvalue weighted by Gasteiger charge is 2.34. The van der Waals surface area contributed by atoms with Crippen LogP contribution in [0.5, 0.6) is 0 Å². The molecule has 0 bridgehead atoms. The maximum Gasteiger partial charge on any atom is 0.419 e. The van der Waals surface area contributed by atoms with Crippen molar-refractivity contribution in [3.8, 4) is 0 Å². The van der Waals surface area contributed by atoms with Crippen LogP contribution in [0.1, 0.15) is 11.1 Å². The molecule has 20 heavy (non-hydrogen) atoms. The number of nitrogen functional groups attached to an aromatic ring is 1. The van der Waals surface area contributed by atoms with Gasteiger partial charge in [-0.05, 0) is 42.8 Å². The van der Waals surface area contributed by atoms with Gasteiger partial charge in [-0.25, -0.2) is 4.39 Å². The number of aryl methyl sites for hydroxylation is 1. The first-order valence-corrected chi connectivity index (χ1v) is 5.77. The van der Waals surface area contributed by atoms with Crippen LogP contribution in [-0.4, -0.2) is 0 Å². The van der Waals surface area contributed by atoms with E-state index in [0.717, 1.165) is 17.7 Å². The molecular weight excluding hydrogens is 272 g/mol. The molecule has 0 radical (unpaired) electrons. The Morgan fingerprint density at radius 3 is 2.20 bits per heavy atom. The van der Waals surface area contributed by atoms with Crippen molar-refractivity contribution in [2.24, 2.45) is 0 Å². The van der Waals surface area contributed by atoms with E-state index in [4.69, 9.17) is 5.73 Å². The maximum absolute atomic E-state index is 13.2. The number of alkyl halides is 3. The van der Waals surface area contributed by atoms with E-state index in [9.17, 15) is 17.6 Å². The summed E-state index contributed by atoms with van der Waals surface area (Å²) in [5.74, 6) is -1.30. The average molecular weight is 284 g/mol. The molecule has 0 aliphatic heterocycles. The summed E-state index contributed by atoms with van der Waals surface area (Å²) >= 11 is 0. The maximum atomic E-state index is 13.2. The molecule has 2 aromatic rings. The van der Waals surface area contributed by atoms with Gasteiger partial charge < -0.3 is 11.1 Å². The van der Waals surface area contributed by atoms with Gasteiger partial charge in [0.05, 0.1) is 5.56 Å². The Morgan fingerprint density at radius 2 is 1.60 bits per heavy atom. The van der Waals surface area contributed by atoms with Crippen LogP contribution in [0.4, 0.5) is 34.6 Å². The Bertz CT molecular complexity index is 636. The van der Waals surface area contributed by atoms with Crippen LogP contribution in [0, 0.1) is 12.7 Å². The summed E-state index contributed by atoms with van der Waals surface area (Å²) in [6, 6.07) is 7.77. The van der Waals surface area contributed by atoms with Crippen LogP contribution < -0.4 is 11.1 Å². The number of nitrogens with two attached hydrogens (primary N) is 1. The number of hydrogen-bond acceptors (Lipinski definition) is 2. The Morgan fingerprint density at radius 1 is 1.00 bits per heavy atom. The zero-order chi connectivity index (χ0) is 14.9. The normalized spacial score (nSPS) is 11.4. The number of rotatable bonds is 2. The first-order chi connectivity index (χ1) is 9.27. The number of hydrogen-bond donors (Lipinski definition) is 2. The second kappa shape index (κ2) is 5.03. The molecule has 0 unspecified atom stereocenters. The highest BCUT2D eigenvalue weighted by molar-refractivity contribution is 5.66. The van der Waals surface area contributed by atoms with E-state index in [1.54, 1.807) is 18.2 Å². The summed E-state index contributed by atoms with van der Waals surface area (Å²) in [6.07, 6.45) is -4.73. The molecule has 0 heterocycles. The van der Waals surface area contributed by atoms with E-state index in [1.165, 1.54) is 6.07 Å². The van der Waals surface area contributed by atoms with Crippen molar-refractivity contribution in [2.75, 3.05) is 11.1 Å². The van der Waals surface area contributed by atoms with Crippen molar-refractivity contribution >= 4 is 17.1 Å². The van der Waals surface area contributed by atoms with E-state index >= 15 is 0 Å². The van der Waals surface area contributed by atoms with Crippen LogP contribution in [0.3, 0.4) is 0 Å². The zero-order valence-electron chi connectivity index (χ0n) is 10.6. The van der Waals surface area contributed by atoms with Gasteiger partial charge in [0.1, 0.15) is 5.82 Å². The fraction of sp³-hybridized carbons (Fsp3) is 0.143. The number of halogens is 4. The Balaban J connectivity index is 2.32. The van der Waals surface area contributed by atoms with Crippen molar-refractivity contribution in [2.45, 2.75) is 13.1 Å². The molecular formula is C14H12F4N2. The highest BCUT2D eigenvalue weighted by atomic mass is 19.4. The van der Waals surface area contributed by atoms with E-state index < -0.39 is 17.6 Å². The summed E-state index contributed by atoms with van der Waals surface area (Å²) in [6.45, 7) is 1.82. The van der Waals surface area contributed by atoms with Gasteiger partial charge in [0, 0.05) is 17.1 Å². The number of benzene rings is 2. The Hall–Kier alpha value is -2.24. The topological polar surface area (TPSA) is 38.0 Å². The number of nitrogens with one attached hydrogen (secondary N) is 1. The summed E-state index contributed by atoms with van der Waals surface area (Å²) in [5, 5.41) is 2.76. The molecule has 0 atom stereocenters. The molecule has 0 saturated carbocycles. The second-order valence-corrected chi connectivity index (χ2v) is 4.39. The summed E-state index contributed by atoms with van der Waals surface area (Å²) < 4.78 is 50.9. The molecule has 0 aliphatic carbocycles. The lowest BCUT2D eigenvalue weighted by Crippen LogP contribution is -2.08. The molecule has 2 rings (SSSR count). The van der Waals surface area contributed by atoms with Gasteiger partial charge in [-0.2, -0.15) is 13.2 Å². The van der Waals surface area contributed by atoms with Crippen LogP contribution in [0.25, 0.3) is 0 Å². The van der Waals surface area contributed by atoms with E-state index in [2.05, 4.69) is 5.32 Å². The minimum atomic E-state index is -4.73. The minimum Gasteiger partial charge on any atom is -0.398 e. The summed E-state index contributed by atoms with van der Waals surface area (Å²) in [4.78, 5) is 0. The van der Waals surface area contributed by atoms with Crippen LogP contribution in [0.15, 0.2) is 36.4 Å². The summed E-state index contributed by atoms with van der Waals surface area (Å²) in [5.41, 5.74) is 6.48. The number of anilines is 3. The third-order valence-electron chi connectivity index (χ3n) is 2.84. The zero-order valence-corrected chi connectivity index (χ0v) is 10.6. The van der Waals surface area contributed by atoms with Gasteiger partial charge in [-0.3, -0.25) is 0 Å². The van der Waals surface area contributed by atoms with Gasteiger partial charge in [-0.15, -0.1) is 0 Å². The Kier molecular flexibility index (Phi) is 3.57. The molecule has 0 spiro atoms. The van der Waals surface area contributed by atoms with Gasteiger partial charge >= 0.3 is 6.18 Å². The van der Waals surface area contributed by atoms with Crippen LogP contribution in [0.2, 0.25) is 0 Å². The monoisotopic (exact) mass is 284 g/mol. The van der Waals surface area contributed by atoms with Crippen LogP contribution >= 0.6 is 0 Å². The predicted molar refractivity (Wildman–Crippen MR) is 70.3 cm³/mol. The molecule has 2 nitrogen and oxygen atoms in total. The lowest BCUT2D eigenvalue weighted by atomic mass is 10.1. The fourth-order valence-electron chi connectivity index (χ4n) is 1.71. The van der Waals surface area contributed by atoms with Crippen LogP contribution in [-0.2, 0) is 6.18 Å². The van der Waals surface area contributed by atoms with Gasteiger partial charge in [0.2, 0.25) is 0 Å². The third-order valence-corrected chi connectivity index (χ3v) is 2.84. The Labute approximate surface area is 113 Å². The van der Waals surface area contributed by atoms with Crippen molar-refractivity contribution in [3.05, 3.63) is 53.3 Å². The molecule has 3 N–H and O–H groups in total. The lowest BCUT2D eigenvalue weighted by molar-refractivity contribution is -0.139. The molecule has 0 aromatic heterocycles. The first kappa shape index (κ1) is 14.2. The second-order valence-electron chi connectivity index (χ2n) is 4.39. The third kappa shape index (κ3) is 3.01. The minimum absolute atomic E-state index is 0.141. The fourth-order valence-corrected chi connectivity index (χ4v) is 1.71. The average Bonchev–Trinajstić information content (AvgIpc) is 2.35. The predicted octanol–water partition coefficient (Wildman–Crippen LogP) is 4.48. The largest absolute Gasteiger partial charge is 0.419 e. The molecule has 0 aliphatic rings. The quantitative estimate of drug-likeness (QED) is 0.630. The van der Waals surface area contributed by atoms with E-state index in [0.29, 0.717) is 11.4 Å². The van der Waals surface area contributed by atoms with Gasteiger partial charge in [0.15, 0.2) is 0 Å². The van der Waals surface area contributed by atoms with Crippen molar-refractivity contribution < 1.29 is 17.6 Å². The molecule has 0 amide bonds. The first-order valence-electron chi connectivity index (χ1n) is 5.77. The molecule has 0 saturated heterocycles. The van der Waals surface area contributed by atoms with E-state index in [1.807, 2.05) is 6.92 Å². The van der Waals surface area contributed by atoms with Crippen molar-refractivity contribution in [1.29, 1.82) is 0 Å². The van der Waals surface area contributed by atoms with Gasteiger partial charge in [0.25, 0.3) is 0 Å². The SMILES string of the molecule is Cc1ccc(Nc2ccc(F)c(C(F)(F)F)c2)cc1N. The van der Waals surface area contributed by atoms with Gasteiger partial charge in [-0.1, -0.05) is 6.07 Å². The van der Waals surface area contributed by atoms with E-state index in [-0.39, 0.29) is 5.69 Å². The van der Waals surface area contributed by atoms with Crippen molar-refractivity contribution in [1.82, 2.24) is 0 Å². The standard InChI is InChI=1S/C14H12F4N2/c1-8-2-3-10(7-13(8)19)20-9-4-5-12(15)11(6-9)14(16,17)18/h2-7,20H,19H2,1H3. The molecule has 106 valence electrons.